The van der Waals surface area contributed by atoms with Gasteiger partial charge in [0.15, 0.2) is 0 Å². The molecular formula is C38H40N12O8S2. The summed E-state index contributed by atoms with van der Waals surface area (Å²) in [4.78, 5) is 25.0. The number of nitrogens with one attached hydrogen (secondary N) is 6. The van der Waals surface area contributed by atoms with E-state index in [9.17, 15) is 36.2 Å². The lowest BCUT2D eigenvalue weighted by molar-refractivity contribution is 0.281. The molecule has 20 nitrogen and oxygen atoms in total. The standard InChI is InChI=1S/C38H40N12O8S2/c1-23(21-51)39-33-45-35(41-27-9-5-3-6-10-27)49-37(47-33)43-29-17-15-25(31(19-29)59(53,54)55)13-14-26-16-18-30(20-32(26)60(56,57)58)44-38-48-34(40-24(2)22-52)46-36(50-38)42-28-11-7-4-8-12-28/h3-20,23-24,51-52H,21-22H2,1-2H3,(H,53,54,55)(H,56,57,58)(H3,39,41,43,45,47,49)(H3,40,42,44,46,48,50). The van der Waals surface area contributed by atoms with Crippen molar-refractivity contribution in [3.63, 3.8) is 0 Å². The van der Waals surface area contributed by atoms with E-state index in [1.165, 1.54) is 36.4 Å². The van der Waals surface area contributed by atoms with Crippen molar-refractivity contribution in [3.8, 4) is 0 Å². The number of nitrogens with zero attached hydrogens (tertiary/aromatic N) is 6. The van der Waals surface area contributed by atoms with Crippen LogP contribution in [0.3, 0.4) is 0 Å². The Morgan fingerprint density at radius 2 is 0.800 bits per heavy atom. The number of benzene rings is 4. The Kier molecular flexibility index (Phi) is 13.4. The van der Waals surface area contributed by atoms with Crippen LogP contribution >= 0.6 is 0 Å². The van der Waals surface area contributed by atoms with Crippen molar-refractivity contribution in [3.05, 3.63) is 108 Å². The number of anilines is 10. The van der Waals surface area contributed by atoms with E-state index in [0.717, 1.165) is 12.1 Å². The van der Waals surface area contributed by atoms with Crippen molar-refractivity contribution < 1.29 is 36.2 Å². The van der Waals surface area contributed by atoms with E-state index in [1.807, 2.05) is 36.4 Å². The fraction of sp³-hybridized carbons (Fsp3) is 0.158. The highest BCUT2D eigenvalue weighted by Crippen LogP contribution is 2.29. The first-order chi connectivity index (χ1) is 28.6. The number of aliphatic hydroxyl groups excluding tert-OH is 2. The minimum atomic E-state index is -4.86. The van der Waals surface area contributed by atoms with Gasteiger partial charge in [-0.15, -0.1) is 0 Å². The molecule has 2 unspecified atom stereocenters. The van der Waals surface area contributed by atoms with Gasteiger partial charge in [0.1, 0.15) is 9.79 Å². The molecule has 0 aliphatic carbocycles. The molecule has 4 aromatic carbocycles. The van der Waals surface area contributed by atoms with Crippen LogP contribution in [0, 0.1) is 0 Å². The number of aromatic nitrogens is 6. The van der Waals surface area contributed by atoms with Crippen LogP contribution in [-0.4, -0.2) is 91.4 Å². The lowest BCUT2D eigenvalue weighted by Crippen LogP contribution is -2.21. The Bertz CT molecular complexity index is 2510. The lowest BCUT2D eigenvalue weighted by Gasteiger charge is -2.15. The van der Waals surface area contributed by atoms with E-state index < -0.39 is 42.1 Å². The smallest absolute Gasteiger partial charge is 0.295 e. The zero-order valence-corrected chi connectivity index (χ0v) is 33.5. The van der Waals surface area contributed by atoms with E-state index >= 15 is 0 Å². The molecule has 10 N–H and O–H groups in total. The van der Waals surface area contributed by atoms with Crippen molar-refractivity contribution in [2.24, 2.45) is 0 Å². The van der Waals surface area contributed by atoms with Crippen molar-refractivity contribution in [2.45, 2.75) is 35.7 Å². The third-order valence-electron chi connectivity index (χ3n) is 8.17. The first-order valence-corrected chi connectivity index (χ1v) is 20.9. The summed E-state index contributed by atoms with van der Waals surface area (Å²) in [5, 5.41) is 36.9. The van der Waals surface area contributed by atoms with Gasteiger partial charge in [0.2, 0.25) is 35.7 Å². The van der Waals surface area contributed by atoms with Crippen LogP contribution in [0.1, 0.15) is 25.0 Å². The summed E-state index contributed by atoms with van der Waals surface area (Å²) in [5.41, 5.74) is 1.58. The fourth-order valence-electron chi connectivity index (χ4n) is 5.32. The highest BCUT2D eigenvalue weighted by molar-refractivity contribution is 7.86. The van der Waals surface area contributed by atoms with E-state index in [4.69, 9.17) is 0 Å². The lowest BCUT2D eigenvalue weighted by atomic mass is 10.1. The number of aliphatic hydroxyl groups is 2. The maximum Gasteiger partial charge on any atom is 0.295 e. The molecule has 0 aliphatic rings. The summed E-state index contributed by atoms with van der Waals surface area (Å²) in [5.74, 6) is 0.435. The van der Waals surface area contributed by atoms with Crippen molar-refractivity contribution >= 4 is 90.8 Å². The summed E-state index contributed by atoms with van der Waals surface area (Å²) in [6.45, 7) is 3.00. The molecule has 60 heavy (non-hydrogen) atoms. The Balaban J connectivity index is 1.28. The van der Waals surface area contributed by atoms with Crippen LogP contribution in [0.4, 0.5) is 58.4 Å². The van der Waals surface area contributed by atoms with E-state index in [2.05, 4.69) is 61.8 Å². The van der Waals surface area contributed by atoms with Gasteiger partial charge in [0.05, 0.1) is 13.2 Å². The Morgan fingerprint density at radius 3 is 1.12 bits per heavy atom. The zero-order valence-electron chi connectivity index (χ0n) is 31.9. The molecule has 2 heterocycles. The second-order valence-electron chi connectivity index (χ2n) is 13.1. The second-order valence-corrected chi connectivity index (χ2v) is 15.9. The molecule has 0 saturated heterocycles. The average molecular weight is 857 g/mol. The average Bonchev–Trinajstić information content (AvgIpc) is 3.20. The van der Waals surface area contributed by atoms with Gasteiger partial charge in [-0.2, -0.15) is 46.7 Å². The van der Waals surface area contributed by atoms with Crippen LogP contribution in [0.5, 0.6) is 0 Å². The van der Waals surface area contributed by atoms with Crippen LogP contribution in [-0.2, 0) is 20.2 Å². The molecule has 6 aromatic rings. The number of para-hydroxylation sites is 2. The van der Waals surface area contributed by atoms with Crippen molar-refractivity contribution in [1.29, 1.82) is 0 Å². The maximum absolute atomic E-state index is 12.6. The van der Waals surface area contributed by atoms with E-state index in [0.29, 0.717) is 11.4 Å². The van der Waals surface area contributed by atoms with Gasteiger partial charge >= 0.3 is 0 Å². The Labute approximate surface area is 344 Å². The number of hydrogen-bond acceptors (Lipinski definition) is 18. The van der Waals surface area contributed by atoms with Gasteiger partial charge in [-0.3, -0.25) is 9.11 Å². The van der Waals surface area contributed by atoms with Gasteiger partial charge < -0.3 is 42.1 Å². The number of rotatable bonds is 18. The summed E-state index contributed by atoms with van der Waals surface area (Å²) >= 11 is 0. The monoisotopic (exact) mass is 856 g/mol. The molecule has 2 atom stereocenters. The predicted octanol–water partition coefficient (Wildman–Crippen LogP) is 5.28. The van der Waals surface area contributed by atoms with Crippen molar-refractivity contribution in [1.82, 2.24) is 29.9 Å². The first kappa shape index (κ1) is 42.8. The van der Waals surface area contributed by atoms with Crippen LogP contribution in [0.15, 0.2) is 107 Å². The molecule has 0 fully saturated rings. The van der Waals surface area contributed by atoms with Gasteiger partial charge in [0.25, 0.3) is 20.2 Å². The SMILES string of the molecule is CC(CO)Nc1nc(Nc2ccccc2)nc(Nc2ccc(C=Cc3ccc(Nc4nc(Nc5ccccc5)nc(NC(C)CO)n4)cc3S(=O)(=O)O)c(S(=O)(=O)O)c2)n1. The van der Waals surface area contributed by atoms with E-state index in [1.54, 1.807) is 38.1 Å². The Hall–Kier alpha value is -6.82. The van der Waals surface area contributed by atoms with Gasteiger partial charge in [-0.1, -0.05) is 60.7 Å². The summed E-state index contributed by atoms with van der Waals surface area (Å²) in [6.07, 6.45) is 2.50. The largest absolute Gasteiger partial charge is 0.394 e. The first-order valence-electron chi connectivity index (χ1n) is 18.0. The van der Waals surface area contributed by atoms with Gasteiger partial charge in [0, 0.05) is 34.8 Å². The summed E-state index contributed by atoms with van der Waals surface area (Å²) in [6, 6.07) is 25.2. The summed E-state index contributed by atoms with van der Waals surface area (Å²) in [7, 11) is -9.73. The molecule has 0 amide bonds. The topological polar surface area (TPSA) is 299 Å². The molecule has 0 saturated carbocycles. The predicted molar refractivity (Wildman–Crippen MR) is 227 cm³/mol. The molecule has 312 valence electrons. The van der Waals surface area contributed by atoms with Gasteiger partial charge in [-0.05, 0) is 73.5 Å². The fourth-order valence-corrected chi connectivity index (χ4v) is 6.74. The van der Waals surface area contributed by atoms with Crippen LogP contribution in [0.2, 0.25) is 0 Å². The van der Waals surface area contributed by atoms with Crippen molar-refractivity contribution in [2.75, 3.05) is 45.1 Å². The highest BCUT2D eigenvalue weighted by atomic mass is 32.2. The molecule has 0 spiro atoms. The molecule has 22 heteroatoms. The third kappa shape index (κ3) is 11.9. The molecule has 0 bridgehead atoms. The normalized spacial score (nSPS) is 12.7. The minimum Gasteiger partial charge on any atom is -0.394 e. The summed E-state index contributed by atoms with van der Waals surface area (Å²) < 4.78 is 71.0. The minimum absolute atomic E-state index is 0.0137. The van der Waals surface area contributed by atoms with Crippen LogP contribution in [0.25, 0.3) is 12.2 Å². The van der Waals surface area contributed by atoms with E-state index in [-0.39, 0.29) is 71.4 Å². The quantitative estimate of drug-likeness (QED) is 0.0388. The second kappa shape index (κ2) is 18.8. The Morgan fingerprint density at radius 1 is 0.483 bits per heavy atom. The van der Waals surface area contributed by atoms with Crippen LogP contribution < -0.4 is 31.9 Å². The molecular weight excluding hydrogens is 817 g/mol. The highest BCUT2D eigenvalue weighted by Gasteiger charge is 2.19. The zero-order chi connectivity index (χ0) is 42.9. The molecule has 0 radical (unpaired) electrons. The molecule has 0 aliphatic heterocycles. The number of hydrogen-bond donors (Lipinski definition) is 10. The third-order valence-corrected chi connectivity index (χ3v) is 9.99. The van der Waals surface area contributed by atoms with Gasteiger partial charge in [-0.25, -0.2) is 0 Å². The molecule has 2 aromatic heterocycles. The molecule has 6 rings (SSSR count). The maximum atomic E-state index is 12.6.